The minimum absolute atomic E-state index is 0.0287. The summed E-state index contributed by atoms with van der Waals surface area (Å²) in [6, 6.07) is 0.141. The van der Waals surface area contributed by atoms with E-state index in [9.17, 15) is 4.79 Å². The van der Waals surface area contributed by atoms with Gasteiger partial charge in [-0.2, -0.15) is 5.10 Å². The number of nitrogens with zero attached hydrogens (tertiary/aromatic N) is 3. The number of aromatic nitrogens is 2. The molecule has 1 fully saturated rings. The lowest BCUT2D eigenvalue weighted by Gasteiger charge is -2.35. The highest BCUT2D eigenvalue weighted by Crippen LogP contribution is 2.19. The largest absolute Gasteiger partial charge is 0.396 e. The van der Waals surface area contributed by atoms with E-state index in [0.29, 0.717) is 13.0 Å². The molecule has 2 N–H and O–H groups in total. The molecular weight excluding hydrogens is 268 g/mol. The molecule has 1 aliphatic heterocycles. The first kappa shape index (κ1) is 15.8. The minimum Gasteiger partial charge on any atom is -0.396 e. The van der Waals surface area contributed by atoms with Crippen molar-refractivity contribution in [3.8, 4) is 0 Å². The second kappa shape index (κ2) is 7.45. The van der Waals surface area contributed by atoms with Crippen LogP contribution in [0.2, 0.25) is 0 Å². The first-order chi connectivity index (χ1) is 10.2. The molecule has 1 aromatic heterocycles. The molecule has 1 aromatic rings. The van der Waals surface area contributed by atoms with Crippen molar-refractivity contribution in [2.45, 2.75) is 51.6 Å². The third kappa shape index (κ3) is 3.97. The summed E-state index contributed by atoms with van der Waals surface area (Å²) in [6.07, 6.45) is 6.66. The predicted molar refractivity (Wildman–Crippen MR) is 80.9 cm³/mol. The molecule has 2 heterocycles. The number of carbonyl (C=O) groups is 1. The summed E-state index contributed by atoms with van der Waals surface area (Å²) in [5, 5.41) is 16.5. The number of rotatable bonds is 5. The zero-order valence-corrected chi connectivity index (χ0v) is 13.0. The SMILES string of the molecule is CCc1nn(C)cc1CNC(=O)N1CCCCC1CCO. The first-order valence-corrected chi connectivity index (χ1v) is 7.82. The van der Waals surface area contributed by atoms with Crippen molar-refractivity contribution in [3.05, 3.63) is 17.5 Å². The molecule has 0 saturated carbocycles. The Morgan fingerprint density at radius 1 is 1.52 bits per heavy atom. The van der Waals surface area contributed by atoms with Crippen LogP contribution in [0.4, 0.5) is 4.79 Å². The molecule has 2 rings (SSSR count). The number of likely N-dealkylation sites (tertiary alicyclic amines) is 1. The molecule has 1 atom stereocenters. The summed E-state index contributed by atoms with van der Waals surface area (Å²) < 4.78 is 1.79. The van der Waals surface area contributed by atoms with Crippen LogP contribution in [0.25, 0.3) is 0 Å². The summed E-state index contributed by atoms with van der Waals surface area (Å²) in [5.74, 6) is 0. The van der Waals surface area contributed by atoms with E-state index in [2.05, 4.69) is 17.3 Å². The topological polar surface area (TPSA) is 70.4 Å². The van der Waals surface area contributed by atoms with Gasteiger partial charge in [0.15, 0.2) is 0 Å². The second-order valence-electron chi connectivity index (χ2n) is 5.64. The Hall–Kier alpha value is -1.56. The van der Waals surface area contributed by atoms with Crippen LogP contribution in [0, 0.1) is 0 Å². The van der Waals surface area contributed by atoms with Crippen molar-refractivity contribution in [1.82, 2.24) is 20.0 Å². The van der Waals surface area contributed by atoms with Gasteiger partial charge in [0.2, 0.25) is 0 Å². The molecule has 6 heteroatoms. The molecule has 0 aliphatic carbocycles. The van der Waals surface area contributed by atoms with Gasteiger partial charge in [-0.3, -0.25) is 4.68 Å². The molecule has 0 spiro atoms. The zero-order valence-electron chi connectivity index (χ0n) is 13.0. The van der Waals surface area contributed by atoms with E-state index < -0.39 is 0 Å². The number of hydrogen-bond acceptors (Lipinski definition) is 3. The molecule has 0 bridgehead atoms. The van der Waals surface area contributed by atoms with Crippen LogP contribution in [0.3, 0.4) is 0 Å². The van der Waals surface area contributed by atoms with E-state index in [4.69, 9.17) is 5.11 Å². The zero-order chi connectivity index (χ0) is 15.2. The van der Waals surface area contributed by atoms with Gasteiger partial charge >= 0.3 is 6.03 Å². The molecule has 6 nitrogen and oxygen atoms in total. The maximum Gasteiger partial charge on any atom is 0.317 e. The number of urea groups is 1. The van der Waals surface area contributed by atoms with E-state index in [1.54, 1.807) is 4.68 Å². The van der Waals surface area contributed by atoms with Gasteiger partial charge in [-0.1, -0.05) is 6.92 Å². The second-order valence-corrected chi connectivity index (χ2v) is 5.64. The maximum absolute atomic E-state index is 12.4. The Bertz CT molecular complexity index is 470. The predicted octanol–water partition coefficient (Wildman–Crippen LogP) is 1.43. The van der Waals surface area contributed by atoms with Crippen molar-refractivity contribution in [3.63, 3.8) is 0 Å². The van der Waals surface area contributed by atoms with Gasteiger partial charge in [0, 0.05) is 44.5 Å². The van der Waals surface area contributed by atoms with Crippen molar-refractivity contribution in [2.75, 3.05) is 13.2 Å². The van der Waals surface area contributed by atoms with Crippen molar-refractivity contribution >= 4 is 6.03 Å². The van der Waals surface area contributed by atoms with Crippen LogP contribution in [-0.4, -0.2) is 45.0 Å². The summed E-state index contributed by atoms with van der Waals surface area (Å²) >= 11 is 0. The van der Waals surface area contributed by atoms with Crippen molar-refractivity contribution in [2.24, 2.45) is 7.05 Å². The van der Waals surface area contributed by atoms with Crippen LogP contribution in [0.15, 0.2) is 6.20 Å². The maximum atomic E-state index is 12.4. The lowest BCUT2D eigenvalue weighted by molar-refractivity contribution is 0.131. The van der Waals surface area contributed by atoms with Gasteiger partial charge < -0.3 is 15.3 Å². The highest BCUT2D eigenvalue weighted by Gasteiger charge is 2.26. The molecule has 118 valence electrons. The third-order valence-corrected chi connectivity index (χ3v) is 4.11. The number of hydrogen-bond donors (Lipinski definition) is 2. The Labute approximate surface area is 126 Å². The lowest BCUT2D eigenvalue weighted by atomic mass is 10.0. The average Bonchev–Trinajstić information content (AvgIpc) is 2.86. The van der Waals surface area contributed by atoms with E-state index >= 15 is 0 Å². The summed E-state index contributed by atoms with van der Waals surface area (Å²) in [5.41, 5.74) is 2.10. The molecule has 0 radical (unpaired) electrons. The molecule has 1 saturated heterocycles. The fourth-order valence-corrected chi connectivity index (χ4v) is 3.02. The summed E-state index contributed by atoms with van der Waals surface area (Å²) in [7, 11) is 1.90. The highest BCUT2D eigenvalue weighted by atomic mass is 16.3. The van der Waals surface area contributed by atoms with Gasteiger partial charge in [-0.05, 0) is 32.1 Å². The normalized spacial score (nSPS) is 18.8. The Kier molecular flexibility index (Phi) is 5.61. The fraction of sp³-hybridized carbons (Fsp3) is 0.733. The smallest absolute Gasteiger partial charge is 0.317 e. The quantitative estimate of drug-likeness (QED) is 0.863. The summed E-state index contributed by atoms with van der Waals surface area (Å²) in [6.45, 7) is 3.50. The van der Waals surface area contributed by atoms with Crippen molar-refractivity contribution < 1.29 is 9.90 Å². The lowest BCUT2D eigenvalue weighted by Crippen LogP contribution is -2.48. The van der Waals surface area contributed by atoms with Gasteiger partial charge in [-0.15, -0.1) is 0 Å². The number of aryl methyl sites for hydroxylation is 2. The molecular formula is C15H26N4O2. The van der Waals surface area contributed by atoms with E-state index in [1.807, 2.05) is 18.1 Å². The highest BCUT2D eigenvalue weighted by molar-refractivity contribution is 5.74. The molecule has 21 heavy (non-hydrogen) atoms. The van der Waals surface area contributed by atoms with Crippen LogP contribution in [-0.2, 0) is 20.0 Å². The fourth-order valence-electron chi connectivity index (χ4n) is 3.02. The number of piperidine rings is 1. The molecule has 1 unspecified atom stereocenters. The van der Waals surface area contributed by atoms with E-state index in [1.165, 1.54) is 0 Å². The Balaban J connectivity index is 1.93. The first-order valence-electron chi connectivity index (χ1n) is 7.82. The Morgan fingerprint density at radius 2 is 2.33 bits per heavy atom. The van der Waals surface area contributed by atoms with Gasteiger partial charge in [0.25, 0.3) is 0 Å². The van der Waals surface area contributed by atoms with Gasteiger partial charge in [0.1, 0.15) is 0 Å². The van der Waals surface area contributed by atoms with E-state index in [-0.39, 0.29) is 18.7 Å². The van der Waals surface area contributed by atoms with Crippen LogP contribution in [0.1, 0.15) is 43.9 Å². The minimum atomic E-state index is -0.0287. The molecule has 2 amide bonds. The number of carbonyl (C=O) groups excluding carboxylic acids is 1. The number of nitrogens with one attached hydrogen (secondary N) is 1. The molecule has 0 aromatic carbocycles. The average molecular weight is 294 g/mol. The monoisotopic (exact) mass is 294 g/mol. The van der Waals surface area contributed by atoms with Crippen molar-refractivity contribution in [1.29, 1.82) is 0 Å². The Morgan fingerprint density at radius 3 is 3.05 bits per heavy atom. The standard InChI is InChI=1S/C15H26N4O2/c1-3-14-12(11-18(2)17-14)10-16-15(21)19-8-5-4-6-13(19)7-9-20/h11,13,20H,3-10H2,1-2H3,(H,16,21). The van der Waals surface area contributed by atoms with Crippen LogP contribution < -0.4 is 5.32 Å². The third-order valence-electron chi connectivity index (χ3n) is 4.11. The number of amides is 2. The number of aliphatic hydroxyl groups is 1. The van der Waals surface area contributed by atoms with Gasteiger partial charge in [0.05, 0.1) is 5.69 Å². The van der Waals surface area contributed by atoms with Gasteiger partial charge in [-0.25, -0.2) is 4.79 Å². The molecule has 1 aliphatic rings. The van der Waals surface area contributed by atoms with Crippen LogP contribution in [0.5, 0.6) is 0 Å². The van der Waals surface area contributed by atoms with Crippen LogP contribution >= 0.6 is 0 Å². The van der Waals surface area contributed by atoms with E-state index in [0.717, 1.165) is 43.5 Å². The number of aliphatic hydroxyl groups excluding tert-OH is 1. The summed E-state index contributed by atoms with van der Waals surface area (Å²) in [4.78, 5) is 14.2.